The molecule has 104 valence electrons. The van der Waals surface area contributed by atoms with E-state index in [4.69, 9.17) is 28.3 Å². The molecule has 0 aliphatic carbocycles. The molecule has 20 heavy (non-hydrogen) atoms. The van der Waals surface area contributed by atoms with E-state index in [0.29, 0.717) is 26.7 Å². The van der Waals surface area contributed by atoms with Gasteiger partial charge in [0.15, 0.2) is 0 Å². The van der Waals surface area contributed by atoms with Crippen LogP contribution >= 0.6 is 23.2 Å². The fraction of sp³-hybridized carbons (Fsp3) is 0.133. The standard InChI is InChI=1S/C15H11Cl2FO2/c1-8(15(19)20)9-2-4-12(14(18)6-9)11-5-3-10(16)7-13(11)17/h2-8H,1H3,(H,19,20). The van der Waals surface area contributed by atoms with E-state index in [0.717, 1.165) is 0 Å². The van der Waals surface area contributed by atoms with Crippen LogP contribution in [0.4, 0.5) is 4.39 Å². The number of hydrogen-bond acceptors (Lipinski definition) is 1. The summed E-state index contributed by atoms with van der Waals surface area (Å²) in [4.78, 5) is 10.9. The van der Waals surface area contributed by atoms with Crippen LogP contribution in [0, 0.1) is 5.82 Å². The third kappa shape index (κ3) is 2.94. The van der Waals surface area contributed by atoms with Crippen LogP contribution in [0.3, 0.4) is 0 Å². The molecule has 1 N–H and O–H groups in total. The predicted molar refractivity (Wildman–Crippen MR) is 77.9 cm³/mol. The van der Waals surface area contributed by atoms with Gasteiger partial charge in [0.25, 0.3) is 0 Å². The van der Waals surface area contributed by atoms with Gasteiger partial charge < -0.3 is 5.11 Å². The number of hydrogen-bond donors (Lipinski definition) is 1. The minimum absolute atomic E-state index is 0.313. The first-order chi connectivity index (χ1) is 9.40. The zero-order valence-electron chi connectivity index (χ0n) is 10.5. The molecule has 0 fully saturated rings. The second-order valence-corrected chi connectivity index (χ2v) is 5.27. The molecule has 0 heterocycles. The highest BCUT2D eigenvalue weighted by Gasteiger charge is 2.16. The van der Waals surface area contributed by atoms with Crippen molar-refractivity contribution >= 4 is 29.2 Å². The summed E-state index contributed by atoms with van der Waals surface area (Å²) in [6.07, 6.45) is 0. The fourth-order valence-electron chi connectivity index (χ4n) is 1.87. The molecule has 0 radical (unpaired) electrons. The Morgan fingerprint density at radius 2 is 1.80 bits per heavy atom. The van der Waals surface area contributed by atoms with Crippen molar-refractivity contribution in [2.75, 3.05) is 0 Å². The summed E-state index contributed by atoms with van der Waals surface area (Å²) in [6, 6.07) is 9.12. The monoisotopic (exact) mass is 312 g/mol. The first kappa shape index (κ1) is 14.8. The van der Waals surface area contributed by atoms with Gasteiger partial charge in [-0.2, -0.15) is 0 Å². The number of carbonyl (C=O) groups is 1. The maximum Gasteiger partial charge on any atom is 0.310 e. The van der Waals surface area contributed by atoms with Gasteiger partial charge in [-0.15, -0.1) is 0 Å². The van der Waals surface area contributed by atoms with E-state index >= 15 is 0 Å². The lowest BCUT2D eigenvalue weighted by Gasteiger charge is -2.10. The van der Waals surface area contributed by atoms with Crippen molar-refractivity contribution in [2.45, 2.75) is 12.8 Å². The quantitative estimate of drug-likeness (QED) is 0.867. The Labute approximate surface area is 125 Å². The van der Waals surface area contributed by atoms with Crippen LogP contribution in [0.5, 0.6) is 0 Å². The van der Waals surface area contributed by atoms with Gasteiger partial charge in [0.1, 0.15) is 5.82 Å². The zero-order valence-corrected chi connectivity index (χ0v) is 12.0. The number of carboxylic acids is 1. The molecule has 0 spiro atoms. The van der Waals surface area contributed by atoms with Gasteiger partial charge in [0.05, 0.1) is 5.92 Å². The summed E-state index contributed by atoms with van der Waals surface area (Å²) in [5.74, 6) is -2.28. The first-order valence-corrected chi connectivity index (χ1v) is 6.63. The Morgan fingerprint density at radius 1 is 1.15 bits per heavy atom. The Bertz CT molecular complexity index is 671. The van der Waals surface area contributed by atoms with E-state index in [1.165, 1.54) is 25.1 Å². The molecule has 2 aromatic rings. The number of carboxylic acid groups (broad SMARTS) is 1. The van der Waals surface area contributed by atoms with Crippen LogP contribution in [0.1, 0.15) is 18.4 Å². The van der Waals surface area contributed by atoms with Crippen molar-refractivity contribution in [2.24, 2.45) is 0 Å². The van der Waals surface area contributed by atoms with E-state index < -0.39 is 17.7 Å². The van der Waals surface area contributed by atoms with Gasteiger partial charge in [-0.05, 0) is 30.7 Å². The molecular formula is C15H11Cl2FO2. The van der Waals surface area contributed by atoms with E-state index in [9.17, 15) is 9.18 Å². The summed E-state index contributed by atoms with van der Waals surface area (Å²) >= 11 is 11.8. The van der Waals surface area contributed by atoms with Crippen molar-refractivity contribution < 1.29 is 14.3 Å². The predicted octanol–water partition coefficient (Wildman–Crippen LogP) is 4.99. The van der Waals surface area contributed by atoms with Crippen molar-refractivity contribution in [3.63, 3.8) is 0 Å². The van der Waals surface area contributed by atoms with Crippen molar-refractivity contribution in [1.29, 1.82) is 0 Å². The maximum atomic E-state index is 14.2. The van der Waals surface area contributed by atoms with Gasteiger partial charge in [0.2, 0.25) is 0 Å². The second-order valence-electron chi connectivity index (χ2n) is 4.42. The maximum absolute atomic E-state index is 14.2. The van der Waals surface area contributed by atoms with Crippen LogP contribution in [-0.4, -0.2) is 11.1 Å². The number of benzene rings is 2. The van der Waals surface area contributed by atoms with E-state index in [1.54, 1.807) is 18.2 Å². The molecule has 5 heteroatoms. The topological polar surface area (TPSA) is 37.3 Å². The Balaban J connectivity index is 2.47. The molecule has 1 atom stereocenters. The summed E-state index contributed by atoms with van der Waals surface area (Å²) in [7, 11) is 0. The van der Waals surface area contributed by atoms with Crippen LogP contribution in [-0.2, 0) is 4.79 Å². The largest absolute Gasteiger partial charge is 0.481 e. The molecule has 0 aliphatic heterocycles. The SMILES string of the molecule is CC(C(=O)O)c1ccc(-c2ccc(Cl)cc2Cl)c(F)c1. The molecule has 2 rings (SSSR count). The van der Waals surface area contributed by atoms with Crippen LogP contribution in [0.2, 0.25) is 10.0 Å². The summed E-state index contributed by atoms with van der Waals surface area (Å²) in [5, 5.41) is 9.74. The highest BCUT2D eigenvalue weighted by atomic mass is 35.5. The number of aliphatic carboxylic acids is 1. The fourth-order valence-corrected chi connectivity index (χ4v) is 2.38. The van der Waals surface area contributed by atoms with Crippen LogP contribution in [0.15, 0.2) is 36.4 Å². The highest BCUT2D eigenvalue weighted by Crippen LogP contribution is 2.33. The van der Waals surface area contributed by atoms with E-state index in [-0.39, 0.29) is 0 Å². The van der Waals surface area contributed by atoms with Gasteiger partial charge >= 0.3 is 5.97 Å². The number of rotatable bonds is 3. The Morgan fingerprint density at radius 3 is 2.35 bits per heavy atom. The van der Waals surface area contributed by atoms with Crippen molar-refractivity contribution in [3.8, 4) is 11.1 Å². The smallest absolute Gasteiger partial charge is 0.310 e. The normalized spacial score (nSPS) is 12.2. The lowest BCUT2D eigenvalue weighted by molar-refractivity contribution is -0.138. The van der Waals surface area contributed by atoms with Crippen molar-refractivity contribution in [1.82, 2.24) is 0 Å². The first-order valence-electron chi connectivity index (χ1n) is 5.88. The average molecular weight is 313 g/mol. The molecule has 0 saturated carbocycles. The highest BCUT2D eigenvalue weighted by molar-refractivity contribution is 6.36. The Hall–Kier alpha value is -1.58. The second kappa shape index (κ2) is 5.81. The van der Waals surface area contributed by atoms with Gasteiger partial charge in [-0.3, -0.25) is 4.79 Å². The molecule has 2 nitrogen and oxygen atoms in total. The molecular weight excluding hydrogens is 302 g/mol. The third-order valence-corrected chi connectivity index (χ3v) is 3.63. The summed E-state index contributed by atoms with van der Waals surface area (Å²) in [6.45, 7) is 1.51. The molecule has 0 aromatic heterocycles. The average Bonchev–Trinajstić information content (AvgIpc) is 2.38. The molecule has 2 aromatic carbocycles. The minimum Gasteiger partial charge on any atom is -0.481 e. The van der Waals surface area contributed by atoms with E-state index in [1.807, 2.05) is 0 Å². The van der Waals surface area contributed by atoms with E-state index in [2.05, 4.69) is 0 Å². The lowest BCUT2D eigenvalue weighted by Crippen LogP contribution is -2.07. The lowest BCUT2D eigenvalue weighted by atomic mass is 9.97. The molecule has 0 bridgehead atoms. The molecule has 0 saturated heterocycles. The van der Waals surface area contributed by atoms with Crippen LogP contribution in [0.25, 0.3) is 11.1 Å². The van der Waals surface area contributed by atoms with Crippen molar-refractivity contribution in [3.05, 3.63) is 57.8 Å². The third-order valence-electron chi connectivity index (χ3n) is 3.08. The molecule has 0 aliphatic rings. The minimum atomic E-state index is -0.998. The molecule has 0 amide bonds. The zero-order chi connectivity index (χ0) is 14.9. The molecule has 1 unspecified atom stereocenters. The van der Waals surface area contributed by atoms with Gasteiger partial charge in [-0.1, -0.05) is 41.4 Å². The number of halogens is 3. The summed E-state index contributed by atoms with van der Waals surface area (Å²) in [5.41, 5.74) is 1.24. The van der Waals surface area contributed by atoms with Gasteiger partial charge in [0, 0.05) is 21.2 Å². The summed E-state index contributed by atoms with van der Waals surface area (Å²) < 4.78 is 14.2. The van der Waals surface area contributed by atoms with Crippen LogP contribution < -0.4 is 0 Å². The Kier molecular flexibility index (Phi) is 4.31. The van der Waals surface area contributed by atoms with Gasteiger partial charge in [-0.25, -0.2) is 4.39 Å².